The maximum Gasteiger partial charge on any atom is 0.137 e. The Labute approximate surface area is 335 Å². The Morgan fingerprint density at radius 1 is 0.333 bits per heavy atom. The van der Waals surface area contributed by atoms with Gasteiger partial charge in [0.1, 0.15) is 11.2 Å². The highest BCUT2D eigenvalue weighted by Crippen LogP contribution is 2.53. The van der Waals surface area contributed by atoms with E-state index in [9.17, 15) is 0 Å². The number of hydrogen-bond donors (Lipinski definition) is 0. The molecular weight excluding hydrogens is 711 g/mol. The van der Waals surface area contributed by atoms with Crippen LogP contribution in [0, 0.1) is 0 Å². The van der Waals surface area contributed by atoms with Crippen molar-refractivity contribution in [2.45, 2.75) is 0 Å². The van der Waals surface area contributed by atoms with Gasteiger partial charge >= 0.3 is 0 Å². The smallest absolute Gasteiger partial charge is 0.137 e. The zero-order valence-corrected chi connectivity index (χ0v) is 31.8. The SMILES string of the molecule is c1ccc(-c2ccccc2-c2c(-c3ccccc3)cccc2N(c2ccccc2-c2cccc3c2sc2ccccc23)c2cccc3oc4ccccc4c23)cc1. The molecule has 11 rings (SSSR count). The number of hydrogen-bond acceptors (Lipinski definition) is 3. The Hall–Kier alpha value is -7.20. The van der Waals surface area contributed by atoms with Crippen LogP contribution in [-0.2, 0) is 0 Å². The van der Waals surface area contributed by atoms with Crippen LogP contribution in [0.3, 0.4) is 0 Å². The largest absolute Gasteiger partial charge is 0.456 e. The fraction of sp³-hybridized carbons (Fsp3) is 0. The average Bonchev–Trinajstić information content (AvgIpc) is 3.87. The van der Waals surface area contributed by atoms with Crippen molar-refractivity contribution in [1.29, 1.82) is 0 Å². The second-order valence-corrected chi connectivity index (χ2v) is 15.4. The van der Waals surface area contributed by atoms with Crippen LogP contribution in [0.2, 0.25) is 0 Å². The van der Waals surface area contributed by atoms with Gasteiger partial charge in [0.2, 0.25) is 0 Å². The predicted octanol–water partition coefficient (Wildman–Crippen LogP) is 16.1. The van der Waals surface area contributed by atoms with Crippen LogP contribution in [0.15, 0.2) is 217 Å². The highest BCUT2D eigenvalue weighted by molar-refractivity contribution is 7.26. The Bertz CT molecular complexity index is 3250. The minimum Gasteiger partial charge on any atom is -0.456 e. The van der Waals surface area contributed by atoms with E-state index < -0.39 is 0 Å². The van der Waals surface area contributed by atoms with Crippen molar-refractivity contribution in [3.05, 3.63) is 212 Å². The van der Waals surface area contributed by atoms with Crippen LogP contribution in [0.5, 0.6) is 0 Å². The van der Waals surface area contributed by atoms with Gasteiger partial charge in [0.05, 0.1) is 22.4 Å². The van der Waals surface area contributed by atoms with Gasteiger partial charge in [-0.15, -0.1) is 11.3 Å². The lowest BCUT2D eigenvalue weighted by molar-refractivity contribution is 0.669. The predicted molar refractivity (Wildman–Crippen MR) is 243 cm³/mol. The molecule has 9 aromatic carbocycles. The first-order valence-corrected chi connectivity index (χ1v) is 20.2. The van der Waals surface area contributed by atoms with Crippen molar-refractivity contribution in [1.82, 2.24) is 0 Å². The van der Waals surface area contributed by atoms with Crippen molar-refractivity contribution >= 4 is 70.5 Å². The molecule has 0 unspecified atom stereocenters. The summed E-state index contributed by atoms with van der Waals surface area (Å²) in [5.41, 5.74) is 14.3. The third-order valence-corrected chi connectivity index (χ3v) is 12.3. The fourth-order valence-electron chi connectivity index (χ4n) is 8.63. The minimum absolute atomic E-state index is 0.855. The van der Waals surface area contributed by atoms with E-state index in [1.54, 1.807) is 0 Å². The second kappa shape index (κ2) is 13.8. The van der Waals surface area contributed by atoms with E-state index in [4.69, 9.17) is 4.42 Å². The molecule has 0 amide bonds. The van der Waals surface area contributed by atoms with E-state index in [-0.39, 0.29) is 0 Å². The van der Waals surface area contributed by atoms with Crippen LogP contribution in [0.25, 0.3) is 86.6 Å². The van der Waals surface area contributed by atoms with Crippen molar-refractivity contribution in [2.24, 2.45) is 0 Å². The summed E-state index contributed by atoms with van der Waals surface area (Å²) in [6.07, 6.45) is 0. The summed E-state index contributed by atoms with van der Waals surface area (Å²) in [5.74, 6) is 0. The molecule has 57 heavy (non-hydrogen) atoms. The van der Waals surface area contributed by atoms with E-state index in [0.717, 1.165) is 66.8 Å². The first-order chi connectivity index (χ1) is 28.3. The number of rotatable bonds is 7. The van der Waals surface area contributed by atoms with Gasteiger partial charge in [-0.1, -0.05) is 176 Å². The Morgan fingerprint density at radius 2 is 0.860 bits per heavy atom. The Morgan fingerprint density at radius 3 is 1.68 bits per heavy atom. The third-order valence-electron chi connectivity index (χ3n) is 11.1. The Kier molecular flexibility index (Phi) is 8.04. The molecule has 2 aromatic heterocycles. The first-order valence-electron chi connectivity index (χ1n) is 19.4. The summed E-state index contributed by atoms with van der Waals surface area (Å²) in [6, 6.07) is 76.4. The molecule has 0 atom stereocenters. The molecule has 0 N–H and O–H groups in total. The number of anilines is 3. The van der Waals surface area contributed by atoms with Gasteiger partial charge in [0.25, 0.3) is 0 Å². The van der Waals surface area contributed by atoms with E-state index in [1.807, 2.05) is 17.4 Å². The molecule has 0 saturated heterocycles. The summed E-state index contributed by atoms with van der Waals surface area (Å²) < 4.78 is 9.16. The molecule has 11 aromatic rings. The van der Waals surface area contributed by atoms with Crippen molar-refractivity contribution in [3.8, 4) is 44.5 Å². The number of thiophene rings is 1. The first kappa shape index (κ1) is 33.2. The zero-order chi connectivity index (χ0) is 37.7. The lowest BCUT2D eigenvalue weighted by atomic mass is 9.87. The van der Waals surface area contributed by atoms with Crippen LogP contribution < -0.4 is 4.90 Å². The fourth-order valence-corrected chi connectivity index (χ4v) is 9.86. The highest BCUT2D eigenvalue weighted by Gasteiger charge is 2.27. The molecule has 268 valence electrons. The highest BCUT2D eigenvalue weighted by atomic mass is 32.1. The molecule has 0 bridgehead atoms. The maximum atomic E-state index is 6.58. The molecule has 0 aliphatic heterocycles. The van der Waals surface area contributed by atoms with Gasteiger partial charge in [0, 0.05) is 42.2 Å². The van der Waals surface area contributed by atoms with Crippen LogP contribution >= 0.6 is 11.3 Å². The number of fused-ring (bicyclic) bond motifs is 6. The summed E-state index contributed by atoms with van der Waals surface area (Å²) >= 11 is 1.87. The van der Waals surface area contributed by atoms with Crippen molar-refractivity contribution in [3.63, 3.8) is 0 Å². The number of benzene rings is 9. The summed E-state index contributed by atoms with van der Waals surface area (Å²) in [5, 5.41) is 4.73. The molecule has 3 heteroatoms. The normalized spacial score (nSPS) is 11.5. The van der Waals surface area contributed by atoms with E-state index >= 15 is 0 Å². The Balaban J connectivity index is 1.28. The molecule has 0 aliphatic carbocycles. The zero-order valence-electron chi connectivity index (χ0n) is 31.0. The van der Waals surface area contributed by atoms with Crippen LogP contribution in [0.1, 0.15) is 0 Å². The summed E-state index contributed by atoms with van der Waals surface area (Å²) in [7, 11) is 0. The molecule has 0 aliphatic rings. The lowest BCUT2D eigenvalue weighted by Gasteiger charge is -2.32. The molecule has 2 heterocycles. The van der Waals surface area contributed by atoms with E-state index in [0.29, 0.717) is 0 Å². The van der Waals surface area contributed by atoms with Gasteiger partial charge in [-0.2, -0.15) is 0 Å². The van der Waals surface area contributed by atoms with Crippen LogP contribution in [0.4, 0.5) is 17.1 Å². The molecule has 0 fully saturated rings. The molecular formula is C54H35NOS. The van der Waals surface area contributed by atoms with E-state index in [2.05, 4.69) is 211 Å². The number of furan rings is 1. The molecule has 0 spiro atoms. The molecule has 0 radical (unpaired) electrons. The number of nitrogens with zero attached hydrogens (tertiary/aromatic N) is 1. The van der Waals surface area contributed by atoms with Gasteiger partial charge in [-0.25, -0.2) is 0 Å². The minimum atomic E-state index is 0.855. The summed E-state index contributed by atoms with van der Waals surface area (Å²) in [4.78, 5) is 2.50. The monoisotopic (exact) mass is 745 g/mol. The van der Waals surface area contributed by atoms with Gasteiger partial charge in [0.15, 0.2) is 0 Å². The second-order valence-electron chi connectivity index (χ2n) is 14.4. The van der Waals surface area contributed by atoms with Crippen LogP contribution in [-0.4, -0.2) is 0 Å². The van der Waals surface area contributed by atoms with Gasteiger partial charge < -0.3 is 9.32 Å². The molecule has 0 saturated carbocycles. The lowest BCUT2D eigenvalue weighted by Crippen LogP contribution is -2.13. The third kappa shape index (κ3) is 5.55. The standard InChI is InChI=1S/C54H35NOS/c1-3-18-36(19-4-1)38-22-7-8-25-42(38)52-39(37-20-5-2-6-21-37)27-16-31-47(52)55(48-32-17-34-50-53(48)45-26-10-13-33-49(45)56-50)46-30-12-9-23-40(46)43-28-15-29-44-41-24-11-14-35-51(41)57-54(43)44/h1-35H. The molecule has 2 nitrogen and oxygen atoms in total. The van der Waals surface area contributed by atoms with Gasteiger partial charge in [-0.3, -0.25) is 0 Å². The quantitative estimate of drug-likeness (QED) is 0.162. The van der Waals surface area contributed by atoms with Crippen molar-refractivity contribution < 1.29 is 4.42 Å². The van der Waals surface area contributed by atoms with E-state index in [1.165, 1.54) is 36.9 Å². The van der Waals surface area contributed by atoms with Gasteiger partial charge in [-0.05, 0) is 64.2 Å². The topological polar surface area (TPSA) is 16.4 Å². The van der Waals surface area contributed by atoms with Crippen molar-refractivity contribution in [2.75, 3.05) is 4.90 Å². The summed E-state index contributed by atoms with van der Waals surface area (Å²) in [6.45, 7) is 0. The number of para-hydroxylation sites is 2. The average molecular weight is 746 g/mol. The maximum absolute atomic E-state index is 6.58.